The van der Waals surface area contributed by atoms with Crippen LogP contribution in [0.15, 0.2) is 35.2 Å². The number of hydrogen-bond acceptors (Lipinski definition) is 3. The molecule has 2 aromatic rings. The van der Waals surface area contributed by atoms with Crippen molar-refractivity contribution in [2.75, 3.05) is 0 Å². The zero-order valence-corrected chi connectivity index (χ0v) is 12.9. The summed E-state index contributed by atoms with van der Waals surface area (Å²) in [6.07, 6.45) is 0.818. The zero-order valence-electron chi connectivity index (χ0n) is 12.1. The highest BCUT2D eigenvalue weighted by Gasteiger charge is 2.17. The molecule has 1 N–H and O–H groups in total. The lowest BCUT2D eigenvalue weighted by molar-refractivity contribution is 0.0693. The van der Waals surface area contributed by atoms with Crippen molar-refractivity contribution in [2.45, 2.75) is 37.5 Å². The van der Waals surface area contributed by atoms with Crippen LogP contribution in [0.3, 0.4) is 0 Å². The number of carbonyl (C=O) groups is 1. The van der Waals surface area contributed by atoms with Crippen LogP contribution in [0.5, 0.6) is 0 Å². The number of aromatic carboxylic acids is 1. The summed E-state index contributed by atoms with van der Waals surface area (Å²) in [6.45, 7) is 4.69. The normalized spacial score (nSPS) is 12.3. The van der Waals surface area contributed by atoms with Crippen molar-refractivity contribution in [3.8, 4) is 0 Å². The van der Waals surface area contributed by atoms with Crippen molar-refractivity contribution in [3.05, 3.63) is 47.3 Å². The lowest BCUT2D eigenvalue weighted by Gasteiger charge is -2.07. The lowest BCUT2D eigenvalue weighted by Crippen LogP contribution is -2.09. The van der Waals surface area contributed by atoms with Gasteiger partial charge in [-0.05, 0) is 31.5 Å². The number of aromatic nitrogens is 2. The molecule has 6 heteroatoms. The van der Waals surface area contributed by atoms with E-state index in [0.717, 1.165) is 17.8 Å². The van der Waals surface area contributed by atoms with Gasteiger partial charge in [0.2, 0.25) is 0 Å². The monoisotopic (exact) mass is 306 g/mol. The van der Waals surface area contributed by atoms with Gasteiger partial charge in [-0.15, -0.1) is 0 Å². The fourth-order valence-electron chi connectivity index (χ4n) is 2.13. The molecule has 21 heavy (non-hydrogen) atoms. The van der Waals surface area contributed by atoms with Gasteiger partial charge in [0.05, 0.1) is 38.4 Å². The Morgan fingerprint density at radius 2 is 2.05 bits per heavy atom. The Labute approximate surface area is 126 Å². The van der Waals surface area contributed by atoms with Gasteiger partial charge in [0, 0.05) is 6.54 Å². The van der Waals surface area contributed by atoms with Gasteiger partial charge in [-0.3, -0.25) is 8.89 Å². The maximum atomic E-state index is 12.5. The summed E-state index contributed by atoms with van der Waals surface area (Å²) < 4.78 is 14.3. The predicted molar refractivity (Wildman–Crippen MR) is 80.8 cm³/mol. The molecule has 0 aliphatic carbocycles. The summed E-state index contributed by atoms with van der Waals surface area (Å²) in [5.41, 5.74) is 1.91. The number of carboxylic acids is 1. The molecule has 2 rings (SSSR count). The van der Waals surface area contributed by atoms with Crippen LogP contribution in [0.2, 0.25) is 0 Å². The smallest absolute Gasteiger partial charge is 0.336 e. The molecule has 0 fully saturated rings. The molecule has 0 saturated heterocycles. The second kappa shape index (κ2) is 6.67. The van der Waals surface area contributed by atoms with Gasteiger partial charge in [0.25, 0.3) is 0 Å². The van der Waals surface area contributed by atoms with Crippen LogP contribution >= 0.6 is 0 Å². The van der Waals surface area contributed by atoms with E-state index in [1.807, 2.05) is 24.6 Å². The summed E-state index contributed by atoms with van der Waals surface area (Å²) in [7, 11) is -1.41. The van der Waals surface area contributed by atoms with Crippen LogP contribution in [0.1, 0.15) is 35.6 Å². The van der Waals surface area contributed by atoms with E-state index in [4.69, 9.17) is 0 Å². The first kappa shape index (κ1) is 15.4. The van der Waals surface area contributed by atoms with Crippen LogP contribution in [-0.2, 0) is 29.5 Å². The number of rotatable bonds is 6. The highest BCUT2D eigenvalue weighted by molar-refractivity contribution is 7.84. The second-order valence-electron chi connectivity index (χ2n) is 4.59. The first-order chi connectivity index (χ1) is 10.1. The molecule has 1 unspecified atom stereocenters. The van der Waals surface area contributed by atoms with E-state index in [1.54, 1.807) is 18.2 Å². The number of hydrogen-bond donors (Lipinski definition) is 1. The highest BCUT2D eigenvalue weighted by Crippen LogP contribution is 2.18. The average molecular weight is 306 g/mol. The third-order valence-electron chi connectivity index (χ3n) is 3.22. The predicted octanol–water partition coefficient (Wildman–Crippen LogP) is 2.47. The Kier molecular flexibility index (Phi) is 4.90. The zero-order chi connectivity index (χ0) is 15.4. The van der Waals surface area contributed by atoms with E-state index in [2.05, 4.69) is 5.10 Å². The van der Waals surface area contributed by atoms with Crippen molar-refractivity contribution < 1.29 is 14.1 Å². The molecule has 1 atom stereocenters. The van der Waals surface area contributed by atoms with Gasteiger partial charge in [-0.1, -0.05) is 19.1 Å². The molecule has 0 aliphatic heterocycles. The van der Waals surface area contributed by atoms with Gasteiger partial charge < -0.3 is 5.11 Å². The summed E-state index contributed by atoms with van der Waals surface area (Å²) in [5, 5.41) is 13.6. The van der Waals surface area contributed by atoms with Crippen LogP contribution in [0.4, 0.5) is 0 Å². The van der Waals surface area contributed by atoms with Crippen LogP contribution in [0, 0.1) is 0 Å². The molecular formula is C15H18N2O3S. The summed E-state index contributed by atoms with van der Waals surface area (Å²) in [5.74, 6) is -0.789. The molecular weight excluding hydrogens is 288 g/mol. The molecule has 0 bridgehead atoms. The Morgan fingerprint density at radius 1 is 1.33 bits per heavy atom. The molecule has 0 saturated carbocycles. The lowest BCUT2D eigenvalue weighted by atomic mass is 10.2. The van der Waals surface area contributed by atoms with E-state index in [9.17, 15) is 14.1 Å². The van der Waals surface area contributed by atoms with Crippen LogP contribution in [-0.4, -0.2) is 25.1 Å². The topological polar surface area (TPSA) is 72.2 Å². The van der Waals surface area contributed by atoms with Crippen molar-refractivity contribution >= 4 is 16.8 Å². The number of nitrogens with zero attached hydrogens (tertiary/aromatic N) is 2. The molecule has 112 valence electrons. The summed E-state index contributed by atoms with van der Waals surface area (Å²) in [6, 6.07) is 8.35. The van der Waals surface area contributed by atoms with Crippen LogP contribution < -0.4 is 0 Å². The first-order valence-electron chi connectivity index (χ1n) is 6.83. The largest absolute Gasteiger partial charge is 0.478 e. The number of carboxylic acid groups (broad SMARTS) is 1. The van der Waals surface area contributed by atoms with Crippen molar-refractivity contribution in [1.29, 1.82) is 0 Å². The molecule has 5 nitrogen and oxygen atoms in total. The van der Waals surface area contributed by atoms with E-state index in [1.165, 1.54) is 6.07 Å². The fourth-order valence-corrected chi connectivity index (χ4v) is 3.42. The van der Waals surface area contributed by atoms with Gasteiger partial charge in [0.15, 0.2) is 0 Å². The average Bonchev–Trinajstić information content (AvgIpc) is 2.89. The molecule has 1 heterocycles. The maximum Gasteiger partial charge on any atom is 0.336 e. The van der Waals surface area contributed by atoms with Gasteiger partial charge >= 0.3 is 5.97 Å². The minimum Gasteiger partial charge on any atom is -0.478 e. The van der Waals surface area contributed by atoms with Crippen molar-refractivity contribution in [1.82, 2.24) is 9.78 Å². The maximum absolute atomic E-state index is 12.5. The third-order valence-corrected chi connectivity index (χ3v) is 4.62. The van der Waals surface area contributed by atoms with E-state index >= 15 is 0 Å². The van der Waals surface area contributed by atoms with Gasteiger partial charge in [0.1, 0.15) is 0 Å². The van der Waals surface area contributed by atoms with Crippen molar-refractivity contribution in [2.24, 2.45) is 0 Å². The van der Waals surface area contributed by atoms with E-state index < -0.39 is 16.8 Å². The quantitative estimate of drug-likeness (QED) is 0.890. The Bertz CT molecular complexity index is 679. The third kappa shape index (κ3) is 3.39. The van der Waals surface area contributed by atoms with Gasteiger partial charge in [-0.25, -0.2) is 4.79 Å². The minimum atomic E-state index is -1.41. The molecule has 1 aromatic carbocycles. The number of aryl methyl sites for hydroxylation is 2. The van der Waals surface area contributed by atoms with E-state index in [0.29, 0.717) is 11.4 Å². The fraction of sp³-hybridized carbons (Fsp3) is 0.333. The molecule has 0 aliphatic rings. The Morgan fingerprint density at radius 3 is 2.67 bits per heavy atom. The second-order valence-corrected chi connectivity index (χ2v) is 6.01. The molecule has 1 aromatic heterocycles. The van der Waals surface area contributed by atoms with Gasteiger partial charge in [-0.2, -0.15) is 5.10 Å². The molecule has 0 amide bonds. The standard InChI is InChI=1S/C15H18N2O3S/c1-3-11-9-12(17(4-2)16-11)10-21(20)14-8-6-5-7-13(14)15(18)19/h5-9H,3-4,10H2,1-2H3,(H,18,19). The highest BCUT2D eigenvalue weighted by atomic mass is 32.2. The first-order valence-corrected chi connectivity index (χ1v) is 8.15. The molecule has 0 radical (unpaired) electrons. The molecule has 0 spiro atoms. The summed E-state index contributed by atoms with van der Waals surface area (Å²) >= 11 is 0. The van der Waals surface area contributed by atoms with E-state index in [-0.39, 0.29) is 11.3 Å². The Balaban J connectivity index is 2.30. The summed E-state index contributed by atoms with van der Waals surface area (Å²) in [4.78, 5) is 11.6. The number of benzene rings is 1. The van der Waals surface area contributed by atoms with Crippen molar-refractivity contribution in [3.63, 3.8) is 0 Å². The SMILES string of the molecule is CCc1cc(CS(=O)c2ccccc2C(=O)O)n(CC)n1. The minimum absolute atomic E-state index is 0.0918. The van der Waals surface area contributed by atoms with Crippen LogP contribution in [0.25, 0.3) is 0 Å². The Hall–Kier alpha value is -1.95.